The van der Waals surface area contributed by atoms with Crippen LogP contribution in [0, 0.1) is 0 Å². The smallest absolute Gasteiger partial charge is 0.270 e. The molecule has 0 saturated carbocycles. The summed E-state index contributed by atoms with van der Waals surface area (Å²) in [5.74, 6) is -0.185. The quantitative estimate of drug-likeness (QED) is 0.698. The van der Waals surface area contributed by atoms with Gasteiger partial charge in [-0.15, -0.1) is 0 Å². The van der Waals surface area contributed by atoms with Crippen LogP contribution >= 0.6 is 0 Å². The topological polar surface area (TPSA) is 63.2 Å². The van der Waals surface area contributed by atoms with Crippen LogP contribution < -0.4 is 10.6 Å². The van der Waals surface area contributed by atoms with Crippen LogP contribution in [0.3, 0.4) is 0 Å². The highest BCUT2D eigenvalue weighted by atomic mass is 16.5. The van der Waals surface area contributed by atoms with Gasteiger partial charge in [0.2, 0.25) is 0 Å². The van der Waals surface area contributed by atoms with E-state index in [4.69, 9.17) is 4.74 Å². The zero-order valence-corrected chi connectivity index (χ0v) is 13.4. The van der Waals surface area contributed by atoms with Crippen molar-refractivity contribution < 1.29 is 9.53 Å². The van der Waals surface area contributed by atoms with Crippen molar-refractivity contribution in [3.63, 3.8) is 0 Å². The summed E-state index contributed by atoms with van der Waals surface area (Å²) in [6.07, 6.45) is 3.70. The van der Waals surface area contributed by atoms with Crippen LogP contribution in [0.4, 0.5) is 5.69 Å². The fraction of sp³-hybridized carbons (Fsp3) is 0.333. The molecule has 1 amide bonds. The molecule has 0 spiro atoms. The molecule has 0 atom stereocenters. The molecule has 1 aromatic carbocycles. The van der Waals surface area contributed by atoms with Gasteiger partial charge in [-0.1, -0.05) is 30.3 Å². The second-order valence-corrected chi connectivity index (χ2v) is 5.19. The summed E-state index contributed by atoms with van der Waals surface area (Å²) in [6.45, 7) is 1.82. The predicted molar refractivity (Wildman–Crippen MR) is 91.7 cm³/mol. The van der Waals surface area contributed by atoms with E-state index < -0.39 is 0 Å². The van der Waals surface area contributed by atoms with Gasteiger partial charge >= 0.3 is 0 Å². The van der Waals surface area contributed by atoms with E-state index >= 15 is 0 Å². The summed E-state index contributed by atoms with van der Waals surface area (Å²) >= 11 is 0. The number of carbonyl (C=O) groups is 1. The minimum Gasteiger partial charge on any atom is -0.385 e. The van der Waals surface area contributed by atoms with Crippen LogP contribution in [0.2, 0.25) is 0 Å². The lowest BCUT2D eigenvalue weighted by atomic mass is 10.1. The monoisotopic (exact) mass is 313 g/mol. The molecule has 2 rings (SSSR count). The molecule has 23 heavy (non-hydrogen) atoms. The Morgan fingerprint density at radius 2 is 2.00 bits per heavy atom. The van der Waals surface area contributed by atoms with E-state index in [1.165, 1.54) is 5.56 Å². The number of ether oxygens (including phenoxy) is 1. The summed E-state index contributed by atoms with van der Waals surface area (Å²) in [5.41, 5.74) is 2.65. The van der Waals surface area contributed by atoms with Crippen molar-refractivity contribution in [2.45, 2.75) is 12.8 Å². The first kappa shape index (κ1) is 17.0. The van der Waals surface area contributed by atoms with Gasteiger partial charge < -0.3 is 15.4 Å². The zero-order valence-electron chi connectivity index (χ0n) is 13.4. The third-order valence-electron chi connectivity index (χ3n) is 3.40. The number of pyridine rings is 1. The molecule has 0 bridgehead atoms. The maximum atomic E-state index is 11.9. The van der Waals surface area contributed by atoms with E-state index in [0.717, 1.165) is 25.1 Å². The highest BCUT2D eigenvalue weighted by molar-refractivity contribution is 5.93. The van der Waals surface area contributed by atoms with Crippen molar-refractivity contribution in [2.24, 2.45) is 0 Å². The third kappa shape index (κ3) is 6.08. The summed E-state index contributed by atoms with van der Waals surface area (Å²) < 4.78 is 4.91. The lowest BCUT2D eigenvalue weighted by molar-refractivity contribution is 0.0932. The molecule has 2 aromatic rings. The van der Waals surface area contributed by atoms with Gasteiger partial charge in [0.05, 0.1) is 6.61 Å². The average molecular weight is 313 g/mol. The van der Waals surface area contributed by atoms with E-state index in [1.807, 2.05) is 12.1 Å². The van der Waals surface area contributed by atoms with E-state index in [-0.39, 0.29) is 5.91 Å². The zero-order chi connectivity index (χ0) is 16.3. The van der Waals surface area contributed by atoms with Gasteiger partial charge in [0.25, 0.3) is 5.91 Å². The first-order valence-corrected chi connectivity index (χ1v) is 7.80. The summed E-state index contributed by atoms with van der Waals surface area (Å²) in [4.78, 5) is 16.0. The number of nitrogens with one attached hydrogen (secondary N) is 2. The van der Waals surface area contributed by atoms with E-state index in [9.17, 15) is 4.79 Å². The highest BCUT2D eigenvalue weighted by Crippen LogP contribution is 2.09. The number of nitrogens with zero attached hydrogens (tertiary/aromatic N) is 1. The largest absolute Gasteiger partial charge is 0.385 e. The number of hydrogen-bond acceptors (Lipinski definition) is 4. The molecular weight excluding hydrogens is 290 g/mol. The number of aryl methyl sites for hydroxylation is 1. The molecule has 0 fully saturated rings. The molecule has 0 aliphatic carbocycles. The molecule has 0 aliphatic heterocycles. The highest BCUT2D eigenvalue weighted by Gasteiger charge is 2.07. The van der Waals surface area contributed by atoms with Crippen LogP contribution in [0.1, 0.15) is 22.5 Å². The SMILES string of the molecule is COCCNC(=O)c1cc(NCCCc2ccccc2)ccn1. The Hall–Kier alpha value is -2.40. The number of aromatic nitrogens is 1. The lowest BCUT2D eigenvalue weighted by Crippen LogP contribution is -2.27. The number of anilines is 1. The standard InChI is InChI=1S/C18H23N3O2/c1-23-13-12-21-18(22)17-14-16(9-11-20-17)19-10-5-8-15-6-3-2-4-7-15/h2-4,6-7,9,11,14H,5,8,10,12-13H2,1H3,(H,19,20)(H,21,22). The first-order valence-electron chi connectivity index (χ1n) is 7.80. The van der Waals surface area contributed by atoms with Crippen molar-refractivity contribution in [2.75, 3.05) is 32.1 Å². The Kier molecular flexibility index (Phi) is 7.07. The van der Waals surface area contributed by atoms with E-state index in [1.54, 1.807) is 19.4 Å². The predicted octanol–water partition coefficient (Wildman–Crippen LogP) is 2.50. The Balaban J connectivity index is 1.77. The first-order chi connectivity index (χ1) is 11.3. The molecular formula is C18H23N3O2. The maximum Gasteiger partial charge on any atom is 0.270 e. The summed E-state index contributed by atoms with van der Waals surface area (Å²) in [6, 6.07) is 14.0. The fourth-order valence-corrected chi connectivity index (χ4v) is 2.19. The van der Waals surface area contributed by atoms with Crippen molar-refractivity contribution in [1.29, 1.82) is 0 Å². The van der Waals surface area contributed by atoms with E-state index in [0.29, 0.717) is 18.8 Å². The lowest BCUT2D eigenvalue weighted by Gasteiger charge is -2.08. The molecule has 0 unspecified atom stereocenters. The molecule has 5 nitrogen and oxygen atoms in total. The van der Waals surface area contributed by atoms with Crippen molar-refractivity contribution in [3.05, 3.63) is 59.9 Å². The number of carbonyl (C=O) groups excluding carboxylic acids is 1. The summed E-state index contributed by atoms with van der Waals surface area (Å²) in [7, 11) is 1.60. The van der Waals surface area contributed by atoms with Crippen LogP contribution in [0.5, 0.6) is 0 Å². The molecule has 2 N–H and O–H groups in total. The van der Waals surface area contributed by atoms with Crippen LogP contribution in [-0.4, -0.2) is 37.7 Å². The van der Waals surface area contributed by atoms with Crippen molar-refractivity contribution >= 4 is 11.6 Å². The normalized spacial score (nSPS) is 10.3. The molecule has 1 heterocycles. The van der Waals surface area contributed by atoms with Crippen LogP contribution in [-0.2, 0) is 11.2 Å². The molecule has 122 valence electrons. The van der Waals surface area contributed by atoms with Crippen LogP contribution in [0.15, 0.2) is 48.7 Å². The van der Waals surface area contributed by atoms with E-state index in [2.05, 4.69) is 39.9 Å². The molecule has 0 radical (unpaired) electrons. The van der Waals surface area contributed by atoms with Crippen molar-refractivity contribution in [1.82, 2.24) is 10.3 Å². The van der Waals surface area contributed by atoms with Crippen molar-refractivity contribution in [3.8, 4) is 0 Å². The van der Waals surface area contributed by atoms with Gasteiger partial charge in [-0.2, -0.15) is 0 Å². The number of hydrogen-bond donors (Lipinski definition) is 2. The average Bonchev–Trinajstić information content (AvgIpc) is 2.60. The second kappa shape index (κ2) is 9.58. The molecule has 0 saturated heterocycles. The van der Waals surface area contributed by atoms with Gasteiger partial charge in [-0.05, 0) is 30.5 Å². The molecule has 5 heteroatoms. The minimum absolute atomic E-state index is 0.185. The third-order valence-corrected chi connectivity index (χ3v) is 3.40. The Morgan fingerprint density at radius 3 is 2.78 bits per heavy atom. The Bertz CT molecular complexity index is 602. The van der Waals surface area contributed by atoms with Gasteiger partial charge in [-0.25, -0.2) is 0 Å². The Morgan fingerprint density at radius 1 is 1.17 bits per heavy atom. The van der Waals surface area contributed by atoms with Gasteiger partial charge in [0, 0.05) is 32.1 Å². The minimum atomic E-state index is -0.185. The molecule has 1 aromatic heterocycles. The number of methoxy groups -OCH3 is 1. The second-order valence-electron chi connectivity index (χ2n) is 5.19. The number of amides is 1. The number of benzene rings is 1. The number of rotatable bonds is 9. The maximum absolute atomic E-state index is 11.9. The Labute approximate surface area is 137 Å². The summed E-state index contributed by atoms with van der Waals surface area (Å²) in [5, 5.41) is 6.09. The van der Waals surface area contributed by atoms with Gasteiger partial charge in [-0.3, -0.25) is 9.78 Å². The van der Waals surface area contributed by atoms with Crippen LogP contribution in [0.25, 0.3) is 0 Å². The molecule has 0 aliphatic rings. The fourth-order valence-electron chi connectivity index (χ4n) is 2.19. The van der Waals surface area contributed by atoms with Gasteiger partial charge in [0.1, 0.15) is 5.69 Å². The van der Waals surface area contributed by atoms with Gasteiger partial charge in [0.15, 0.2) is 0 Å².